The van der Waals surface area contributed by atoms with Gasteiger partial charge in [0.2, 0.25) is 0 Å². The van der Waals surface area contributed by atoms with Crippen molar-refractivity contribution in [3.05, 3.63) is 48.0 Å². The third-order valence-electron chi connectivity index (χ3n) is 3.07. The van der Waals surface area contributed by atoms with Crippen molar-refractivity contribution in [2.75, 3.05) is 13.7 Å². The number of fused-ring (bicyclic) bond motifs is 1. The predicted molar refractivity (Wildman–Crippen MR) is 72.4 cm³/mol. The zero-order valence-electron chi connectivity index (χ0n) is 10.6. The maximum atomic E-state index is 11.1. The lowest BCUT2D eigenvalue weighted by Crippen LogP contribution is -2.26. The quantitative estimate of drug-likeness (QED) is 0.839. The Labute approximate surface area is 107 Å². The van der Waals surface area contributed by atoms with Gasteiger partial charge in [0, 0.05) is 6.04 Å². The Balaban J connectivity index is 2.22. The van der Waals surface area contributed by atoms with Crippen molar-refractivity contribution in [1.29, 1.82) is 0 Å². The molecule has 0 fully saturated rings. The summed E-state index contributed by atoms with van der Waals surface area (Å²) in [6.07, 6.45) is 0. The minimum Gasteiger partial charge on any atom is -0.468 e. The summed E-state index contributed by atoms with van der Waals surface area (Å²) in [5, 5.41) is 5.59. The van der Waals surface area contributed by atoms with Crippen LogP contribution in [0.4, 0.5) is 0 Å². The molecule has 0 amide bonds. The molecular formula is C15H17NO2. The van der Waals surface area contributed by atoms with Crippen molar-refractivity contribution in [3.63, 3.8) is 0 Å². The molecule has 94 valence electrons. The molecule has 1 N–H and O–H groups in total. The minimum atomic E-state index is -0.248. The van der Waals surface area contributed by atoms with Crippen LogP contribution in [-0.4, -0.2) is 19.6 Å². The van der Waals surface area contributed by atoms with Crippen molar-refractivity contribution in [2.45, 2.75) is 13.0 Å². The number of methoxy groups -OCH3 is 1. The van der Waals surface area contributed by atoms with E-state index in [4.69, 9.17) is 0 Å². The molecule has 0 heterocycles. The van der Waals surface area contributed by atoms with Gasteiger partial charge in [-0.2, -0.15) is 0 Å². The zero-order chi connectivity index (χ0) is 13.0. The highest BCUT2D eigenvalue weighted by Crippen LogP contribution is 2.23. The van der Waals surface area contributed by atoms with Gasteiger partial charge in [-0.05, 0) is 23.3 Å². The Morgan fingerprint density at radius 3 is 2.72 bits per heavy atom. The molecular weight excluding hydrogens is 226 g/mol. The number of ether oxygens (including phenoxy) is 1. The summed E-state index contributed by atoms with van der Waals surface area (Å²) < 4.78 is 4.62. The fourth-order valence-electron chi connectivity index (χ4n) is 2.05. The highest BCUT2D eigenvalue weighted by atomic mass is 16.5. The summed E-state index contributed by atoms with van der Waals surface area (Å²) in [5.74, 6) is -0.248. The molecule has 3 heteroatoms. The Hall–Kier alpha value is -1.87. The highest BCUT2D eigenvalue weighted by Gasteiger charge is 2.10. The normalized spacial score (nSPS) is 12.3. The topological polar surface area (TPSA) is 38.3 Å². The Morgan fingerprint density at radius 2 is 1.94 bits per heavy atom. The molecule has 0 aliphatic rings. The number of hydrogen-bond donors (Lipinski definition) is 1. The van der Waals surface area contributed by atoms with Crippen molar-refractivity contribution in [2.24, 2.45) is 0 Å². The Morgan fingerprint density at radius 1 is 1.22 bits per heavy atom. The summed E-state index contributed by atoms with van der Waals surface area (Å²) in [5.41, 5.74) is 1.19. The van der Waals surface area contributed by atoms with Gasteiger partial charge in [0.25, 0.3) is 0 Å². The van der Waals surface area contributed by atoms with E-state index in [-0.39, 0.29) is 18.6 Å². The summed E-state index contributed by atoms with van der Waals surface area (Å²) in [6.45, 7) is 2.27. The molecule has 2 aromatic rings. The molecule has 0 bridgehead atoms. The monoisotopic (exact) mass is 243 g/mol. The maximum Gasteiger partial charge on any atom is 0.319 e. The van der Waals surface area contributed by atoms with Crippen LogP contribution < -0.4 is 5.32 Å². The van der Waals surface area contributed by atoms with Gasteiger partial charge in [-0.25, -0.2) is 0 Å². The third-order valence-corrected chi connectivity index (χ3v) is 3.07. The van der Waals surface area contributed by atoms with Crippen molar-refractivity contribution in [3.8, 4) is 0 Å². The van der Waals surface area contributed by atoms with Crippen LogP contribution in [0.15, 0.2) is 42.5 Å². The Bertz CT molecular complexity index is 546. The largest absolute Gasteiger partial charge is 0.468 e. The van der Waals surface area contributed by atoms with Crippen LogP contribution in [0.5, 0.6) is 0 Å². The molecule has 0 spiro atoms. The van der Waals surface area contributed by atoms with Crippen LogP contribution in [0.2, 0.25) is 0 Å². The van der Waals surface area contributed by atoms with Gasteiger partial charge in [0.05, 0.1) is 13.7 Å². The van der Waals surface area contributed by atoms with Gasteiger partial charge in [0.1, 0.15) is 0 Å². The number of benzene rings is 2. The minimum absolute atomic E-state index is 0.107. The van der Waals surface area contributed by atoms with Crippen molar-refractivity contribution < 1.29 is 9.53 Å². The summed E-state index contributed by atoms with van der Waals surface area (Å²) in [6, 6.07) is 14.6. The smallest absolute Gasteiger partial charge is 0.319 e. The van der Waals surface area contributed by atoms with E-state index in [2.05, 4.69) is 34.3 Å². The lowest BCUT2D eigenvalue weighted by Gasteiger charge is -2.15. The first-order valence-electron chi connectivity index (χ1n) is 6.00. The molecule has 1 atom stereocenters. The molecule has 0 radical (unpaired) electrons. The molecule has 1 unspecified atom stereocenters. The SMILES string of the molecule is COC(=O)CNC(C)c1cccc2ccccc12. The van der Waals surface area contributed by atoms with E-state index in [0.29, 0.717) is 0 Å². The van der Waals surface area contributed by atoms with E-state index in [0.717, 1.165) is 0 Å². The summed E-state index contributed by atoms with van der Waals surface area (Å²) in [7, 11) is 1.40. The summed E-state index contributed by atoms with van der Waals surface area (Å²) in [4.78, 5) is 11.1. The van der Waals surface area contributed by atoms with Crippen LogP contribution >= 0.6 is 0 Å². The molecule has 3 nitrogen and oxygen atoms in total. The van der Waals surface area contributed by atoms with Gasteiger partial charge in [-0.1, -0.05) is 42.5 Å². The van der Waals surface area contributed by atoms with Gasteiger partial charge < -0.3 is 10.1 Å². The van der Waals surface area contributed by atoms with E-state index >= 15 is 0 Å². The zero-order valence-corrected chi connectivity index (χ0v) is 10.6. The second-order valence-corrected chi connectivity index (χ2v) is 4.25. The maximum absolute atomic E-state index is 11.1. The van der Waals surface area contributed by atoms with E-state index in [1.165, 1.54) is 23.4 Å². The van der Waals surface area contributed by atoms with Crippen LogP contribution in [-0.2, 0) is 9.53 Å². The molecule has 0 aliphatic carbocycles. The fraction of sp³-hybridized carbons (Fsp3) is 0.267. The second-order valence-electron chi connectivity index (χ2n) is 4.25. The molecule has 0 saturated heterocycles. The Kier molecular flexibility index (Phi) is 3.95. The lowest BCUT2D eigenvalue weighted by atomic mass is 10.00. The lowest BCUT2D eigenvalue weighted by molar-refractivity contribution is -0.139. The predicted octanol–water partition coefficient (Wildman–Crippen LogP) is 2.66. The molecule has 0 aliphatic heterocycles. The first-order chi connectivity index (χ1) is 8.72. The van der Waals surface area contributed by atoms with E-state index in [9.17, 15) is 4.79 Å². The van der Waals surface area contributed by atoms with Gasteiger partial charge in [0.15, 0.2) is 0 Å². The molecule has 0 aromatic heterocycles. The first kappa shape index (κ1) is 12.6. The average molecular weight is 243 g/mol. The van der Waals surface area contributed by atoms with Crippen LogP contribution in [0, 0.1) is 0 Å². The van der Waals surface area contributed by atoms with E-state index in [1.807, 2.05) is 25.1 Å². The fourth-order valence-corrected chi connectivity index (χ4v) is 2.05. The number of hydrogen-bond acceptors (Lipinski definition) is 3. The van der Waals surface area contributed by atoms with Crippen LogP contribution in [0.3, 0.4) is 0 Å². The number of rotatable bonds is 4. The van der Waals surface area contributed by atoms with Crippen molar-refractivity contribution >= 4 is 16.7 Å². The number of carbonyl (C=O) groups excluding carboxylic acids is 1. The molecule has 2 rings (SSSR count). The molecule has 0 saturated carbocycles. The van der Waals surface area contributed by atoms with E-state index < -0.39 is 0 Å². The second kappa shape index (κ2) is 5.65. The number of nitrogens with one attached hydrogen (secondary N) is 1. The first-order valence-corrected chi connectivity index (χ1v) is 6.00. The van der Waals surface area contributed by atoms with Gasteiger partial charge in [-0.15, -0.1) is 0 Å². The number of carbonyl (C=O) groups is 1. The standard InChI is InChI=1S/C15H17NO2/c1-11(16-10-15(17)18-2)13-9-5-7-12-6-3-4-8-14(12)13/h3-9,11,16H,10H2,1-2H3. The average Bonchev–Trinajstić information content (AvgIpc) is 2.43. The van der Waals surface area contributed by atoms with Crippen LogP contribution in [0.25, 0.3) is 10.8 Å². The molecule has 18 heavy (non-hydrogen) atoms. The summed E-state index contributed by atoms with van der Waals surface area (Å²) >= 11 is 0. The highest BCUT2D eigenvalue weighted by molar-refractivity contribution is 5.86. The van der Waals surface area contributed by atoms with E-state index in [1.54, 1.807) is 0 Å². The van der Waals surface area contributed by atoms with Crippen LogP contribution in [0.1, 0.15) is 18.5 Å². The van der Waals surface area contributed by atoms with Crippen molar-refractivity contribution in [1.82, 2.24) is 5.32 Å². The van der Waals surface area contributed by atoms with Gasteiger partial charge >= 0.3 is 5.97 Å². The number of esters is 1. The third kappa shape index (κ3) is 2.68. The van der Waals surface area contributed by atoms with Gasteiger partial charge in [-0.3, -0.25) is 4.79 Å². The molecule has 2 aromatic carbocycles.